The maximum Gasteiger partial charge on any atom is 0.349 e. The van der Waals surface area contributed by atoms with Crippen LogP contribution in [0.25, 0.3) is 0 Å². The highest BCUT2D eigenvalue weighted by molar-refractivity contribution is 6.02. The van der Waals surface area contributed by atoms with Crippen molar-refractivity contribution in [1.82, 2.24) is 0 Å². The van der Waals surface area contributed by atoms with Gasteiger partial charge in [0, 0.05) is 0 Å². The minimum absolute atomic E-state index is 0.0265. The molecule has 0 fully saturated rings. The smallest absolute Gasteiger partial charge is 0.349 e. The predicted octanol–water partition coefficient (Wildman–Crippen LogP) is 1.22. The van der Waals surface area contributed by atoms with Gasteiger partial charge in [0.2, 0.25) is 0 Å². The Hall–Kier alpha value is -1.88. The standard InChI is InChI=1S/C12H14O5/c1-12(10(13)14,11(15)16-2)17-8-9-6-4-3-5-7-9/h3-7H,8H2,1-2H3,(H,13,14)/t12-/m1/s1. The van der Waals surface area contributed by atoms with Gasteiger partial charge in [0.1, 0.15) is 0 Å². The molecule has 0 aromatic heterocycles. The Kier molecular flexibility index (Phi) is 4.23. The van der Waals surface area contributed by atoms with Gasteiger partial charge in [-0.3, -0.25) is 0 Å². The Morgan fingerprint density at radius 3 is 2.35 bits per heavy atom. The van der Waals surface area contributed by atoms with Crippen LogP contribution in [0.15, 0.2) is 30.3 Å². The number of ether oxygens (including phenoxy) is 2. The third kappa shape index (κ3) is 3.04. The first kappa shape index (κ1) is 13.2. The van der Waals surface area contributed by atoms with E-state index in [1.165, 1.54) is 6.92 Å². The van der Waals surface area contributed by atoms with Crippen molar-refractivity contribution >= 4 is 11.9 Å². The molecule has 1 aromatic carbocycles. The van der Waals surface area contributed by atoms with Crippen molar-refractivity contribution in [1.29, 1.82) is 0 Å². The average molecular weight is 238 g/mol. The van der Waals surface area contributed by atoms with Gasteiger partial charge in [-0.1, -0.05) is 30.3 Å². The molecular formula is C12H14O5. The summed E-state index contributed by atoms with van der Waals surface area (Å²) in [6.07, 6.45) is 0. The maximum atomic E-state index is 11.4. The van der Waals surface area contributed by atoms with E-state index in [0.29, 0.717) is 0 Å². The summed E-state index contributed by atoms with van der Waals surface area (Å²) in [6, 6.07) is 8.99. The summed E-state index contributed by atoms with van der Waals surface area (Å²) >= 11 is 0. The van der Waals surface area contributed by atoms with Crippen molar-refractivity contribution in [2.24, 2.45) is 0 Å². The van der Waals surface area contributed by atoms with E-state index in [-0.39, 0.29) is 6.61 Å². The molecule has 0 saturated carbocycles. The van der Waals surface area contributed by atoms with Crippen LogP contribution in [0, 0.1) is 0 Å². The third-order valence-corrected chi connectivity index (χ3v) is 2.35. The zero-order valence-corrected chi connectivity index (χ0v) is 9.67. The molecule has 0 saturated heterocycles. The lowest BCUT2D eigenvalue weighted by Gasteiger charge is -2.22. The van der Waals surface area contributed by atoms with E-state index in [1.807, 2.05) is 6.07 Å². The Morgan fingerprint density at radius 2 is 1.88 bits per heavy atom. The molecule has 1 rings (SSSR count). The number of esters is 1. The van der Waals surface area contributed by atoms with Crippen molar-refractivity contribution in [2.75, 3.05) is 7.11 Å². The minimum Gasteiger partial charge on any atom is -0.479 e. The summed E-state index contributed by atoms with van der Waals surface area (Å²) in [5.41, 5.74) is -1.20. The van der Waals surface area contributed by atoms with E-state index in [0.717, 1.165) is 12.7 Å². The molecule has 0 spiro atoms. The first-order valence-electron chi connectivity index (χ1n) is 5.00. The SMILES string of the molecule is COC(=O)[C@](C)(OCc1ccccc1)C(=O)O. The number of benzene rings is 1. The lowest BCUT2D eigenvalue weighted by atomic mass is 10.1. The van der Waals surface area contributed by atoms with Gasteiger partial charge in [0.15, 0.2) is 0 Å². The lowest BCUT2D eigenvalue weighted by molar-refractivity contribution is -0.184. The number of hydrogen-bond donors (Lipinski definition) is 1. The molecule has 0 bridgehead atoms. The average Bonchev–Trinajstić information content (AvgIpc) is 2.35. The van der Waals surface area contributed by atoms with E-state index < -0.39 is 17.5 Å². The number of hydrogen-bond acceptors (Lipinski definition) is 4. The maximum absolute atomic E-state index is 11.4. The molecule has 0 aliphatic carbocycles. The van der Waals surface area contributed by atoms with Crippen LogP contribution in [-0.4, -0.2) is 29.8 Å². The molecule has 0 radical (unpaired) electrons. The first-order chi connectivity index (χ1) is 8.00. The Balaban J connectivity index is 2.76. The number of methoxy groups -OCH3 is 1. The normalized spacial score (nSPS) is 13.8. The minimum atomic E-state index is -1.98. The molecular weight excluding hydrogens is 224 g/mol. The van der Waals surface area contributed by atoms with Gasteiger partial charge in [-0.15, -0.1) is 0 Å². The predicted molar refractivity (Wildman–Crippen MR) is 59.3 cm³/mol. The largest absolute Gasteiger partial charge is 0.479 e. The second-order valence-corrected chi connectivity index (χ2v) is 3.60. The second kappa shape index (κ2) is 5.45. The van der Waals surface area contributed by atoms with Crippen molar-refractivity contribution < 1.29 is 24.2 Å². The molecule has 17 heavy (non-hydrogen) atoms. The summed E-state index contributed by atoms with van der Waals surface area (Å²) < 4.78 is 9.58. The molecule has 0 unspecified atom stereocenters. The highest BCUT2D eigenvalue weighted by atomic mass is 16.6. The van der Waals surface area contributed by atoms with Crippen molar-refractivity contribution in [3.05, 3.63) is 35.9 Å². The first-order valence-corrected chi connectivity index (χ1v) is 5.00. The quantitative estimate of drug-likeness (QED) is 0.616. The van der Waals surface area contributed by atoms with Crippen molar-refractivity contribution in [2.45, 2.75) is 19.1 Å². The summed E-state index contributed by atoms with van der Waals surface area (Å²) in [5.74, 6) is -2.30. The van der Waals surface area contributed by atoms with Crippen LogP contribution in [0.1, 0.15) is 12.5 Å². The van der Waals surface area contributed by atoms with Crippen LogP contribution in [0.2, 0.25) is 0 Å². The van der Waals surface area contributed by atoms with Gasteiger partial charge >= 0.3 is 11.9 Å². The topological polar surface area (TPSA) is 72.8 Å². The summed E-state index contributed by atoms with van der Waals surface area (Å²) in [6.45, 7) is 1.20. The Labute approximate surface area is 99.0 Å². The third-order valence-electron chi connectivity index (χ3n) is 2.35. The molecule has 0 amide bonds. The molecule has 1 aromatic rings. The molecule has 5 nitrogen and oxygen atoms in total. The summed E-state index contributed by atoms with van der Waals surface area (Å²) in [5, 5.41) is 8.99. The lowest BCUT2D eigenvalue weighted by Crippen LogP contribution is -2.47. The Morgan fingerprint density at radius 1 is 1.29 bits per heavy atom. The molecule has 1 atom stereocenters. The number of carboxylic acid groups (broad SMARTS) is 1. The number of carboxylic acids is 1. The zero-order valence-electron chi connectivity index (χ0n) is 9.67. The Bertz CT molecular complexity index is 401. The zero-order chi connectivity index (χ0) is 12.9. The number of rotatable bonds is 5. The van der Waals surface area contributed by atoms with Gasteiger partial charge in [-0.25, -0.2) is 9.59 Å². The fraction of sp³-hybridized carbons (Fsp3) is 0.333. The van der Waals surface area contributed by atoms with Crippen LogP contribution in [0.4, 0.5) is 0 Å². The van der Waals surface area contributed by atoms with Gasteiger partial charge in [0.25, 0.3) is 5.60 Å². The van der Waals surface area contributed by atoms with Crippen LogP contribution in [-0.2, 0) is 25.7 Å². The number of carbonyl (C=O) groups excluding carboxylic acids is 1. The number of aliphatic carboxylic acids is 1. The van der Waals surface area contributed by atoms with Crippen molar-refractivity contribution in [3.8, 4) is 0 Å². The fourth-order valence-electron chi connectivity index (χ4n) is 1.20. The van der Waals surface area contributed by atoms with Crippen LogP contribution < -0.4 is 0 Å². The van der Waals surface area contributed by atoms with Gasteiger partial charge < -0.3 is 14.6 Å². The van der Waals surface area contributed by atoms with E-state index in [1.54, 1.807) is 24.3 Å². The van der Waals surface area contributed by atoms with Crippen LogP contribution >= 0.6 is 0 Å². The number of carbonyl (C=O) groups is 2. The van der Waals surface area contributed by atoms with Gasteiger partial charge in [0.05, 0.1) is 13.7 Å². The van der Waals surface area contributed by atoms with Crippen molar-refractivity contribution in [3.63, 3.8) is 0 Å². The summed E-state index contributed by atoms with van der Waals surface area (Å²) in [7, 11) is 1.12. The van der Waals surface area contributed by atoms with Crippen LogP contribution in [0.3, 0.4) is 0 Å². The van der Waals surface area contributed by atoms with Gasteiger partial charge in [-0.05, 0) is 12.5 Å². The highest BCUT2D eigenvalue weighted by Crippen LogP contribution is 2.16. The monoisotopic (exact) mass is 238 g/mol. The molecule has 92 valence electrons. The molecule has 5 heteroatoms. The van der Waals surface area contributed by atoms with E-state index in [2.05, 4.69) is 4.74 Å². The van der Waals surface area contributed by atoms with Crippen LogP contribution in [0.5, 0.6) is 0 Å². The highest BCUT2D eigenvalue weighted by Gasteiger charge is 2.44. The van der Waals surface area contributed by atoms with Gasteiger partial charge in [-0.2, -0.15) is 0 Å². The second-order valence-electron chi connectivity index (χ2n) is 3.60. The molecule has 0 heterocycles. The van der Waals surface area contributed by atoms with E-state index >= 15 is 0 Å². The fourth-order valence-corrected chi connectivity index (χ4v) is 1.20. The summed E-state index contributed by atoms with van der Waals surface area (Å²) in [4.78, 5) is 22.4. The molecule has 1 N–H and O–H groups in total. The van der Waals surface area contributed by atoms with E-state index in [4.69, 9.17) is 9.84 Å². The van der Waals surface area contributed by atoms with E-state index in [9.17, 15) is 9.59 Å². The molecule has 0 aliphatic heterocycles. The molecule has 0 aliphatic rings.